The number of rotatable bonds is 2. The van der Waals surface area contributed by atoms with Crippen molar-refractivity contribution >= 4 is 17.7 Å². The van der Waals surface area contributed by atoms with E-state index >= 15 is 0 Å². The topological polar surface area (TPSA) is 59.3 Å². The highest BCUT2D eigenvalue weighted by Crippen LogP contribution is 2.44. The first-order chi connectivity index (χ1) is 13.0. The summed E-state index contributed by atoms with van der Waals surface area (Å²) in [6, 6.07) is 15.3. The maximum Gasteiger partial charge on any atom is 0.341 e. The summed E-state index contributed by atoms with van der Waals surface area (Å²) in [4.78, 5) is 25.2. The Labute approximate surface area is 159 Å². The second kappa shape index (κ2) is 6.70. The van der Waals surface area contributed by atoms with Gasteiger partial charge in [-0.05, 0) is 36.8 Å². The zero-order valence-electron chi connectivity index (χ0n) is 14.5. The van der Waals surface area contributed by atoms with E-state index in [4.69, 9.17) is 0 Å². The van der Waals surface area contributed by atoms with Gasteiger partial charge in [0.1, 0.15) is 11.4 Å². The van der Waals surface area contributed by atoms with Crippen molar-refractivity contribution in [3.8, 4) is 5.69 Å². The molecule has 27 heavy (non-hydrogen) atoms. The van der Waals surface area contributed by atoms with E-state index in [0.29, 0.717) is 17.8 Å². The van der Waals surface area contributed by atoms with Crippen molar-refractivity contribution in [2.75, 3.05) is 0 Å². The smallest absolute Gasteiger partial charge is 0.341 e. The zero-order valence-corrected chi connectivity index (χ0v) is 15.3. The molecule has 0 saturated carbocycles. The second-order valence-corrected chi connectivity index (χ2v) is 7.69. The molecule has 1 aliphatic rings. The Morgan fingerprint density at radius 2 is 1.89 bits per heavy atom. The number of aryl methyl sites for hydroxylation is 1. The summed E-state index contributed by atoms with van der Waals surface area (Å²) >= 11 is 1.59. The number of fused-ring (bicyclic) bond motifs is 3. The highest BCUT2D eigenvalue weighted by Gasteiger charge is 2.28. The Hall–Kier alpha value is -2.86. The summed E-state index contributed by atoms with van der Waals surface area (Å²) < 4.78 is 15.2. The van der Waals surface area contributed by atoms with Gasteiger partial charge in [0.15, 0.2) is 5.43 Å². The fourth-order valence-electron chi connectivity index (χ4n) is 3.53. The molecule has 0 saturated heterocycles. The van der Waals surface area contributed by atoms with Crippen LogP contribution in [0.25, 0.3) is 5.69 Å². The third-order valence-corrected chi connectivity index (χ3v) is 6.03. The van der Waals surface area contributed by atoms with Crippen molar-refractivity contribution < 1.29 is 14.3 Å². The van der Waals surface area contributed by atoms with Crippen molar-refractivity contribution in [3.63, 3.8) is 0 Å². The summed E-state index contributed by atoms with van der Waals surface area (Å²) in [5.41, 5.74) is 2.20. The Morgan fingerprint density at radius 1 is 1.19 bits per heavy atom. The first-order valence-corrected chi connectivity index (χ1v) is 9.34. The highest BCUT2D eigenvalue weighted by molar-refractivity contribution is 7.99. The van der Waals surface area contributed by atoms with E-state index in [2.05, 4.69) is 0 Å². The lowest BCUT2D eigenvalue weighted by molar-refractivity contribution is 0.0693. The molecule has 1 atom stereocenters. The molecular formula is C21H16FNO3S. The number of halogens is 1. The standard InChI is InChI=1S/C21H16FNO3S/c1-12-10-17(24)20(21(25)26)16-11-19(13-6-8-14(22)9-7-13)27-18-5-3-2-4-15(18)23(12)16/h2-10,19H,11H2,1H3,(H,25,26). The Kier molecular flexibility index (Phi) is 4.36. The molecule has 0 fully saturated rings. The van der Waals surface area contributed by atoms with Crippen molar-refractivity contribution in [2.24, 2.45) is 0 Å². The van der Waals surface area contributed by atoms with Crippen LogP contribution in [0.3, 0.4) is 0 Å². The van der Waals surface area contributed by atoms with E-state index < -0.39 is 11.4 Å². The van der Waals surface area contributed by atoms with E-state index in [-0.39, 0.29) is 16.6 Å². The largest absolute Gasteiger partial charge is 0.477 e. The molecule has 4 rings (SSSR count). The van der Waals surface area contributed by atoms with Crippen LogP contribution in [0.5, 0.6) is 0 Å². The van der Waals surface area contributed by atoms with Crippen LogP contribution in [0.2, 0.25) is 0 Å². The number of aromatic carboxylic acids is 1. The van der Waals surface area contributed by atoms with Crippen LogP contribution < -0.4 is 5.43 Å². The van der Waals surface area contributed by atoms with Crippen LogP contribution in [-0.2, 0) is 6.42 Å². The van der Waals surface area contributed by atoms with Crippen molar-refractivity contribution in [2.45, 2.75) is 23.5 Å². The van der Waals surface area contributed by atoms with Gasteiger partial charge in [0, 0.05) is 34.0 Å². The van der Waals surface area contributed by atoms with Crippen molar-refractivity contribution in [1.82, 2.24) is 4.57 Å². The van der Waals surface area contributed by atoms with Crippen molar-refractivity contribution in [1.29, 1.82) is 0 Å². The number of carbonyl (C=O) groups is 1. The van der Waals surface area contributed by atoms with E-state index in [9.17, 15) is 19.1 Å². The van der Waals surface area contributed by atoms with E-state index in [1.165, 1.54) is 18.2 Å². The summed E-state index contributed by atoms with van der Waals surface area (Å²) in [5.74, 6) is -1.55. The van der Waals surface area contributed by atoms with E-state index in [1.54, 1.807) is 30.8 Å². The summed E-state index contributed by atoms with van der Waals surface area (Å²) in [6.07, 6.45) is 0.351. The lowest BCUT2D eigenvalue weighted by Gasteiger charge is -2.18. The predicted octanol–water partition coefficient (Wildman–Crippen LogP) is 4.37. The third-order valence-electron chi connectivity index (χ3n) is 4.71. The first kappa shape index (κ1) is 17.5. The maximum absolute atomic E-state index is 13.4. The predicted molar refractivity (Wildman–Crippen MR) is 102 cm³/mol. The van der Waals surface area contributed by atoms with Gasteiger partial charge in [-0.3, -0.25) is 4.79 Å². The van der Waals surface area contributed by atoms with Gasteiger partial charge in [0.25, 0.3) is 0 Å². The van der Waals surface area contributed by atoms with Crippen LogP contribution in [0.1, 0.15) is 32.6 Å². The average molecular weight is 381 g/mol. The Balaban J connectivity index is 2.01. The molecule has 1 aliphatic heterocycles. The van der Waals surface area contributed by atoms with Gasteiger partial charge < -0.3 is 9.67 Å². The monoisotopic (exact) mass is 381 g/mol. The summed E-state index contributed by atoms with van der Waals surface area (Å²) in [6.45, 7) is 1.80. The van der Waals surface area contributed by atoms with Gasteiger partial charge in [-0.25, -0.2) is 9.18 Å². The molecule has 0 spiro atoms. The number of hydrogen-bond donors (Lipinski definition) is 1. The van der Waals surface area contributed by atoms with Gasteiger partial charge in [0.2, 0.25) is 0 Å². The van der Waals surface area contributed by atoms with E-state index in [1.807, 2.05) is 28.8 Å². The van der Waals surface area contributed by atoms with Gasteiger partial charge in [-0.15, -0.1) is 11.8 Å². The normalized spacial score (nSPS) is 15.6. The molecule has 1 aromatic heterocycles. The minimum absolute atomic E-state index is 0.139. The van der Waals surface area contributed by atoms with Gasteiger partial charge in [-0.2, -0.15) is 0 Å². The Morgan fingerprint density at radius 3 is 2.59 bits per heavy atom. The quantitative estimate of drug-likeness (QED) is 0.716. The molecule has 1 unspecified atom stereocenters. The molecule has 1 N–H and O–H groups in total. The Bertz CT molecular complexity index is 1110. The number of nitrogens with zero attached hydrogens (tertiary/aromatic N) is 1. The lowest BCUT2D eigenvalue weighted by Crippen LogP contribution is -2.24. The summed E-state index contributed by atoms with van der Waals surface area (Å²) in [5, 5.41) is 9.54. The fraction of sp³-hybridized carbons (Fsp3) is 0.143. The maximum atomic E-state index is 13.4. The number of benzene rings is 2. The highest BCUT2D eigenvalue weighted by atomic mass is 32.2. The molecule has 0 amide bonds. The van der Waals surface area contributed by atoms with Crippen LogP contribution in [0.15, 0.2) is 64.3 Å². The molecule has 136 valence electrons. The van der Waals surface area contributed by atoms with Crippen LogP contribution in [-0.4, -0.2) is 15.6 Å². The number of thioether (sulfide) groups is 1. The second-order valence-electron chi connectivity index (χ2n) is 6.44. The number of aromatic nitrogens is 1. The third kappa shape index (κ3) is 3.06. The van der Waals surface area contributed by atoms with Gasteiger partial charge in [0.05, 0.1) is 5.69 Å². The molecular weight excluding hydrogens is 365 g/mol. The number of para-hydroxylation sites is 1. The van der Waals surface area contributed by atoms with Crippen molar-refractivity contribution in [3.05, 3.63) is 93.2 Å². The van der Waals surface area contributed by atoms with E-state index in [0.717, 1.165) is 16.1 Å². The molecule has 2 heterocycles. The fourth-order valence-corrected chi connectivity index (χ4v) is 4.80. The molecule has 3 aromatic rings. The number of carboxylic acids is 1. The molecule has 2 aromatic carbocycles. The lowest BCUT2D eigenvalue weighted by atomic mass is 10.0. The molecule has 4 nitrogen and oxygen atoms in total. The minimum atomic E-state index is -1.23. The minimum Gasteiger partial charge on any atom is -0.477 e. The molecule has 6 heteroatoms. The number of pyridine rings is 1. The van der Waals surface area contributed by atoms with Crippen LogP contribution in [0.4, 0.5) is 4.39 Å². The van der Waals surface area contributed by atoms with Crippen LogP contribution in [0, 0.1) is 12.7 Å². The first-order valence-electron chi connectivity index (χ1n) is 8.46. The van der Waals surface area contributed by atoms with Crippen LogP contribution >= 0.6 is 11.8 Å². The van der Waals surface area contributed by atoms with Gasteiger partial charge in [-0.1, -0.05) is 24.3 Å². The number of carboxylic acid groups (broad SMARTS) is 1. The molecule has 0 aliphatic carbocycles. The summed E-state index contributed by atoms with van der Waals surface area (Å²) in [7, 11) is 0. The molecule has 0 bridgehead atoms. The molecule has 0 radical (unpaired) electrons. The van der Waals surface area contributed by atoms with Gasteiger partial charge >= 0.3 is 5.97 Å². The zero-order chi connectivity index (χ0) is 19.1. The SMILES string of the molecule is Cc1cc(=O)c(C(=O)O)c2n1-c1ccccc1SC(c1ccc(F)cc1)C2. The number of hydrogen-bond acceptors (Lipinski definition) is 3. The average Bonchev–Trinajstić information content (AvgIpc) is 2.79.